The predicted octanol–water partition coefficient (Wildman–Crippen LogP) is 6.94. The van der Waals surface area contributed by atoms with E-state index in [9.17, 15) is 18.7 Å². The van der Waals surface area contributed by atoms with E-state index in [4.69, 9.17) is 0 Å². The first-order valence-electron chi connectivity index (χ1n) is 12.8. The third-order valence-corrected chi connectivity index (χ3v) is 7.12. The highest BCUT2D eigenvalue weighted by atomic mass is 19.3. The third-order valence-electron chi connectivity index (χ3n) is 7.12. The van der Waals surface area contributed by atoms with Crippen LogP contribution in [0.1, 0.15) is 56.6 Å². The van der Waals surface area contributed by atoms with Crippen LogP contribution in [0.5, 0.6) is 0 Å². The number of carbonyl (C=O) groups excluding carboxylic acids is 1. The lowest BCUT2D eigenvalue weighted by atomic mass is 9.84. The second-order valence-corrected chi connectivity index (χ2v) is 9.91. The number of halogens is 2. The Morgan fingerprint density at radius 1 is 0.971 bits per heavy atom. The van der Waals surface area contributed by atoms with Gasteiger partial charge in [0.2, 0.25) is 5.91 Å². The van der Waals surface area contributed by atoms with Gasteiger partial charge < -0.3 is 10.0 Å². The Hall–Kier alpha value is -2.79. The lowest BCUT2D eigenvalue weighted by molar-refractivity contribution is -0.143. The first kappa shape index (κ1) is 25.3. The molecule has 186 valence electrons. The summed E-state index contributed by atoms with van der Waals surface area (Å²) in [6.07, 6.45) is 3.20. The Bertz CT molecular complexity index is 1130. The highest BCUT2D eigenvalue weighted by molar-refractivity contribution is 5.95. The zero-order valence-electron chi connectivity index (χ0n) is 20.4. The van der Waals surface area contributed by atoms with Crippen molar-refractivity contribution in [3.63, 3.8) is 0 Å². The van der Waals surface area contributed by atoms with Gasteiger partial charge in [0.05, 0.1) is 6.42 Å². The standard InChI is InChI=1S/C30H35F2NO2/c1-2-3-4-7-22-11-15-27(16-12-22)33(21-24-13-17-28(34)30(31,32)20-24)29(35)19-23-10-14-25-8-5-6-9-26(25)18-23/h5-6,8-12,14-16,18,24,28,34H,2-4,7,13,17,19-21H2,1H3/t24-,28+/m1/s1. The Morgan fingerprint density at radius 3 is 2.40 bits per heavy atom. The average Bonchev–Trinajstić information content (AvgIpc) is 2.85. The molecule has 2 atom stereocenters. The molecule has 5 heteroatoms. The molecular weight excluding hydrogens is 444 g/mol. The molecule has 1 saturated carbocycles. The van der Waals surface area contributed by atoms with Crippen LogP contribution in [0.15, 0.2) is 66.7 Å². The van der Waals surface area contributed by atoms with Crippen LogP contribution in [-0.2, 0) is 17.6 Å². The molecular formula is C30H35F2NO2. The summed E-state index contributed by atoms with van der Waals surface area (Å²) >= 11 is 0. The molecule has 0 unspecified atom stereocenters. The van der Waals surface area contributed by atoms with E-state index < -0.39 is 18.4 Å². The molecule has 35 heavy (non-hydrogen) atoms. The van der Waals surface area contributed by atoms with Crippen LogP contribution in [0.25, 0.3) is 10.8 Å². The van der Waals surface area contributed by atoms with Crippen LogP contribution >= 0.6 is 0 Å². The fourth-order valence-electron chi connectivity index (χ4n) is 5.03. The summed E-state index contributed by atoms with van der Waals surface area (Å²) in [4.78, 5) is 15.2. The number of nitrogens with zero attached hydrogens (tertiary/aromatic N) is 1. The molecule has 3 aromatic carbocycles. The van der Waals surface area contributed by atoms with Gasteiger partial charge in [-0.05, 0) is 65.6 Å². The second kappa shape index (κ2) is 11.3. The average molecular weight is 480 g/mol. The highest BCUT2D eigenvalue weighted by Crippen LogP contribution is 2.38. The van der Waals surface area contributed by atoms with Gasteiger partial charge in [-0.1, -0.05) is 74.4 Å². The normalized spacial score (nSPS) is 19.5. The largest absolute Gasteiger partial charge is 0.387 e. The van der Waals surface area contributed by atoms with Gasteiger partial charge in [0.1, 0.15) is 6.10 Å². The molecule has 1 amide bonds. The summed E-state index contributed by atoms with van der Waals surface area (Å²) in [7, 11) is 0. The number of hydrogen-bond donors (Lipinski definition) is 1. The van der Waals surface area contributed by atoms with E-state index in [1.807, 2.05) is 66.7 Å². The highest BCUT2D eigenvalue weighted by Gasteiger charge is 2.44. The van der Waals surface area contributed by atoms with E-state index in [1.165, 1.54) is 12.0 Å². The molecule has 0 spiro atoms. The van der Waals surface area contributed by atoms with Gasteiger partial charge in [0.25, 0.3) is 5.92 Å². The first-order chi connectivity index (χ1) is 16.9. The van der Waals surface area contributed by atoms with Crippen LogP contribution in [-0.4, -0.2) is 29.6 Å². The predicted molar refractivity (Wildman–Crippen MR) is 138 cm³/mol. The maximum Gasteiger partial charge on any atom is 0.273 e. The Balaban J connectivity index is 1.54. The zero-order valence-corrected chi connectivity index (χ0v) is 20.4. The molecule has 0 aliphatic heterocycles. The summed E-state index contributed by atoms with van der Waals surface area (Å²) in [5, 5.41) is 11.9. The van der Waals surface area contributed by atoms with E-state index in [2.05, 4.69) is 6.92 Å². The van der Waals surface area contributed by atoms with Gasteiger partial charge in [-0.3, -0.25) is 4.79 Å². The summed E-state index contributed by atoms with van der Waals surface area (Å²) < 4.78 is 28.5. The minimum atomic E-state index is -3.11. The van der Waals surface area contributed by atoms with E-state index in [1.54, 1.807) is 4.90 Å². The molecule has 1 aliphatic rings. The van der Waals surface area contributed by atoms with Gasteiger partial charge in [-0.25, -0.2) is 8.78 Å². The molecule has 0 radical (unpaired) electrons. The third kappa shape index (κ3) is 6.46. The van der Waals surface area contributed by atoms with Gasteiger partial charge in [-0.2, -0.15) is 0 Å². The molecule has 4 rings (SSSR count). The molecule has 1 aliphatic carbocycles. The van der Waals surface area contributed by atoms with Crippen molar-refractivity contribution >= 4 is 22.4 Å². The maximum atomic E-state index is 14.2. The van der Waals surface area contributed by atoms with Crippen LogP contribution in [0.3, 0.4) is 0 Å². The maximum absolute atomic E-state index is 14.2. The minimum Gasteiger partial charge on any atom is -0.387 e. The monoisotopic (exact) mass is 479 g/mol. The van der Waals surface area contributed by atoms with Crippen LogP contribution < -0.4 is 4.90 Å². The number of rotatable bonds is 9. The van der Waals surface area contributed by atoms with E-state index in [-0.39, 0.29) is 31.2 Å². The summed E-state index contributed by atoms with van der Waals surface area (Å²) in [6, 6.07) is 22.0. The number of amides is 1. The number of carbonyl (C=O) groups is 1. The Labute approximate surface area is 206 Å². The number of alkyl halides is 2. The lowest BCUT2D eigenvalue weighted by Crippen LogP contribution is -2.45. The van der Waals surface area contributed by atoms with Crippen molar-refractivity contribution in [2.75, 3.05) is 11.4 Å². The topological polar surface area (TPSA) is 40.5 Å². The number of aliphatic hydroxyl groups is 1. The Morgan fingerprint density at radius 2 is 1.69 bits per heavy atom. The molecule has 3 aromatic rings. The van der Waals surface area contributed by atoms with Gasteiger partial charge in [0.15, 0.2) is 0 Å². The van der Waals surface area contributed by atoms with E-state index in [0.717, 1.165) is 41.3 Å². The first-order valence-corrected chi connectivity index (χ1v) is 12.8. The number of fused-ring (bicyclic) bond motifs is 1. The number of unbranched alkanes of at least 4 members (excludes halogenated alkanes) is 2. The van der Waals surface area contributed by atoms with Gasteiger partial charge >= 0.3 is 0 Å². The minimum absolute atomic E-state index is 0.0563. The zero-order chi connectivity index (χ0) is 24.8. The van der Waals surface area contributed by atoms with Crippen molar-refractivity contribution in [3.05, 3.63) is 77.9 Å². The second-order valence-electron chi connectivity index (χ2n) is 9.91. The number of benzene rings is 3. The molecule has 3 nitrogen and oxygen atoms in total. The van der Waals surface area contributed by atoms with Crippen molar-refractivity contribution in [2.45, 2.75) is 70.3 Å². The number of anilines is 1. The lowest BCUT2D eigenvalue weighted by Gasteiger charge is -2.36. The molecule has 0 aromatic heterocycles. The number of hydrogen-bond acceptors (Lipinski definition) is 2. The SMILES string of the molecule is CCCCCc1ccc(N(C[C@@H]2CC[C@H](O)C(F)(F)C2)C(=O)Cc2ccc3ccccc3c2)cc1. The Kier molecular flexibility index (Phi) is 8.17. The van der Waals surface area contributed by atoms with Gasteiger partial charge in [0, 0.05) is 18.7 Å². The summed E-state index contributed by atoms with van der Waals surface area (Å²) in [5.41, 5.74) is 2.86. The van der Waals surface area contributed by atoms with E-state index in [0.29, 0.717) is 6.42 Å². The van der Waals surface area contributed by atoms with Crippen molar-refractivity contribution in [1.29, 1.82) is 0 Å². The molecule has 0 saturated heterocycles. The fraction of sp³-hybridized carbons (Fsp3) is 0.433. The summed E-state index contributed by atoms with van der Waals surface area (Å²) in [5.74, 6) is -3.58. The van der Waals surface area contributed by atoms with Gasteiger partial charge in [-0.15, -0.1) is 0 Å². The smallest absolute Gasteiger partial charge is 0.273 e. The fourth-order valence-corrected chi connectivity index (χ4v) is 5.03. The van der Waals surface area contributed by atoms with Crippen molar-refractivity contribution in [3.8, 4) is 0 Å². The quantitative estimate of drug-likeness (QED) is 0.338. The molecule has 0 bridgehead atoms. The molecule has 1 fully saturated rings. The van der Waals surface area contributed by atoms with Crippen molar-refractivity contribution in [2.24, 2.45) is 5.92 Å². The molecule has 1 N–H and O–H groups in total. The van der Waals surface area contributed by atoms with Crippen LogP contribution in [0.4, 0.5) is 14.5 Å². The summed E-state index contributed by atoms with van der Waals surface area (Å²) in [6.45, 7) is 2.40. The number of aryl methyl sites for hydroxylation is 1. The van der Waals surface area contributed by atoms with Crippen LogP contribution in [0.2, 0.25) is 0 Å². The van der Waals surface area contributed by atoms with E-state index >= 15 is 0 Å². The van der Waals surface area contributed by atoms with Crippen molar-refractivity contribution < 1.29 is 18.7 Å². The molecule has 0 heterocycles. The van der Waals surface area contributed by atoms with Crippen LogP contribution in [0, 0.1) is 5.92 Å². The number of aliphatic hydroxyl groups excluding tert-OH is 1. The van der Waals surface area contributed by atoms with Crippen molar-refractivity contribution in [1.82, 2.24) is 0 Å².